The van der Waals surface area contributed by atoms with Crippen LogP contribution in [0.5, 0.6) is 0 Å². The lowest BCUT2D eigenvalue weighted by molar-refractivity contribution is 0.0691. The normalized spacial score (nSPS) is 17.1. The summed E-state index contributed by atoms with van der Waals surface area (Å²) in [6.45, 7) is 5.35. The molecule has 0 saturated heterocycles. The van der Waals surface area contributed by atoms with E-state index in [1.807, 2.05) is 0 Å². The van der Waals surface area contributed by atoms with Crippen LogP contribution < -0.4 is 5.32 Å². The minimum absolute atomic E-state index is 0.0917. The van der Waals surface area contributed by atoms with Gasteiger partial charge in [0, 0.05) is 6.54 Å². The maximum absolute atomic E-state index is 11.1. The van der Waals surface area contributed by atoms with Crippen LogP contribution in [-0.2, 0) is 0 Å². The Labute approximate surface area is 130 Å². The van der Waals surface area contributed by atoms with Crippen molar-refractivity contribution in [2.75, 3.05) is 11.9 Å². The fourth-order valence-corrected chi connectivity index (χ4v) is 3.60. The van der Waals surface area contributed by atoms with E-state index in [0.717, 1.165) is 6.54 Å². The highest BCUT2D eigenvalue weighted by atomic mass is 35.5. The van der Waals surface area contributed by atoms with Crippen LogP contribution in [0.25, 0.3) is 0 Å². The van der Waals surface area contributed by atoms with Crippen molar-refractivity contribution in [3.8, 4) is 0 Å². The van der Waals surface area contributed by atoms with E-state index in [-0.39, 0.29) is 10.7 Å². The Hall–Kier alpha value is -1.29. The summed E-state index contributed by atoms with van der Waals surface area (Å²) in [6.07, 6.45) is 6.22. The number of pyridine rings is 1. The van der Waals surface area contributed by atoms with Crippen molar-refractivity contribution < 1.29 is 9.90 Å². The molecule has 0 radical (unpaired) electrons. The minimum Gasteiger partial charge on any atom is -0.476 e. The number of halogens is 1. The van der Waals surface area contributed by atoms with Crippen molar-refractivity contribution in [1.82, 2.24) is 4.98 Å². The molecule has 21 heavy (non-hydrogen) atoms. The summed E-state index contributed by atoms with van der Waals surface area (Å²) in [5.41, 5.74) is 0.227. The minimum atomic E-state index is -1.10. The highest BCUT2D eigenvalue weighted by Gasteiger charge is 2.34. The first-order valence-electron chi connectivity index (χ1n) is 7.56. The Bertz CT molecular complexity index is 511. The van der Waals surface area contributed by atoms with E-state index < -0.39 is 5.97 Å². The average molecular weight is 311 g/mol. The quantitative estimate of drug-likeness (QED) is 0.814. The van der Waals surface area contributed by atoms with Gasteiger partial charge in [0.15, 0.2) is 5.69 Å². The standard InChI is InChI=1S/C16H23ClN2O2/c1-11(2)9-16(7-3-4-8-16)10-18-13-6-5-12(17)14(19-13)15(20)21/h5-6,11H,3-4,7-10H2,1-2H3,(H,18,19)(H,20,21). The van der Waals surface area contributed by atoms with Crippen LogP contribution in [0, 0.1) is 11.3 Å². The molecule has 0 aliphatic heterocycles. The third-order valence-electron chi connectivity index (χ3n) is 4.20. The van der Waals surface area contributed by atoms with E-state index in [1.54, 1.807) is 12.1 Å². The fourth-order valence-electron chi connectivity index (χ4n) is 3.41. The van der Waals surface area contributed by atoms with Gasteiger partial charge in [-0.15, -0.1) is 0 Å². The molecule has 1 fully saturated rings. The maximum Gasteiger partial charge on any atom is 0.356 e. The van der Waals surface area contributed by atoms with Crippen LogP contribution in [0.2, 0.25) is 5.02 Å². The fraction of sp³-hybridized carbons (Fsp3) is 0.625. The Morgan fingerprint density at radius 2 is 2.10 bits per heavy atom. The number of hydrogen-bond acceptors (Lipinski definition) is 3. The second-order valence-electron chi connectivity index (χ2n) is 6.49. The van der Waals surface area contributed by atoms with E-state index in [0.29, 0.717) is 17.2 Å². The second kappa shape index (κ2) is 6.65. The first kappa shape index (κ1) is 16.1. The highest BCUT2D eigenvalue weighted by Crippen LogP contribution is 2.43. The lowest BCUT2D eigenvalue weighted by Crippen LogP contribution is -2.28. The average Bonchev–Trinajstić information content (AvgIpc) is 2.85. The zero-order valence-electron chi connectivity index (χ0n) is 12.7. The lowest BCUT2D eigenvalue weighted by Gasteiger charge is -2.31. The van der Waals surface area contributed by atoms with Gasteiger partial charge < -0.3 is 10.4 Å². The van der Waals surface area contributed by atoms with E-state index in [9.17, 15) is 4.79 Å². The van der Waals surface area contributed by atoms with Gasteiger partial charge in [-0.3, -0.25) is 0 Å². The largest absolute Gasteiger partial charge is 0.476 e. The predicted octanol–water partition coefficient (Wildman–Crippen LogP) is 4.45. The molecular weight excluding hydrogens is 288 g/mol. The van der Waals surface area contributed by atoms with Gasteiger partial charge in [-0.2, -0.15) is 0 Å². The molecule has 1 aliphatic carbocycles. The van der Waals surface area contributed by atoms with Crippen molar-refractivity contribution in [2.24, 2.45) is 11.3 Å². The zero-order valence-corrected chi connectivity index (χ0v) is 13.4. The van der Waals surface area contributed by atoms with Gasteiger partial charge in [-0.25, -0.2) is 9.78 Å². The monoisotopic (exact) mass is 310 g/mol. The number of aromatic carboxylic acids is 1. The number of hydrogen-bond donors (Lipinski definition) is 2. The molecule has 116 valence electrons. The van der Waals surface area contributed by atoms with Crippen LogP contribution in [0.1, 0.15) is 56.4 Å². The molecule has 5 heteroatoms. The number of carboxylic acid groups (broad SMARTS) is 1. The topological polar surface area (TPSA) is 62.2 Å². The van der Waals surface area contributed by atoms with Crippen LogP contribution in [0.15, 0.2) is 12.1 Å². The number of carbonyl (C=O) groups is 1. The number of nitrogens with zero attached hydrogens (tertiary/aromatic N) is 1. The van der Waals surface area contributed by atoms with Gasteiger partial charge in [0.2, 0.25) is 0 Å². The van der Waals surface area contributed by atoms with Crippen LogP contribution in [-0.4, -0.2) is 22.6 Å². The number of aromatic nitrogens is 1. The van der Waals surface area contributed by atoms with Gasteiger partial charge in [0.25, 0.3) is 0 Å². The Morgan fingerprint density at radius 1 is 1.43 bits per heavy atom. The lowest BCUT2D eigenvalue weighted by atomic mass is 9.78. The predicted molar refractivity (Wildman–Crippen MR) is 85.1 cm³/mol. The van der Waals surface area contributed by atoms with Crippen LogP contribution in [0.4, 0.5) is 5.82 Å². The third-order valence-corrected chi connectivity index (χ3v) is 4.50. The molecule has 1 aromatic heterocycles. The smallest absolute Gasteiger partial charge is 0.356 e. The van der Waals surface area contributed by atoms with Gasteiger partial charge in [-0.05, 0) is 42.7 Å². The molecule has 1 aromatic rings. The molecule has 1 aliphatic rings. The summed E-state index contributed by atoms with van der Waals surface area (Å²) in [5, 5.41) is 12.6. The van der Waals surface area contributed by atoms with E-state index in [2.05, 4.69) is 24.1 Å². The summed E-state index contributed by atoms with van der Waals surface area (Å²) < 4.78 is 0. The SMILES string of the molecule is CC(C)CC1(CNc2ccc(Cl)c(C(=O)O)n2)CCCC1. The molecule has 4 nitrogen and oxygen atoms in total. The van der Waals surface area contributed by atoms with E-state index >= 15 is 0 Å². The molecule has 2 rings (SSSR count). The number of carboxylic acids is 1. The molecule has 1 heterocycles. The Kier molecular flexibility index (Phi) is 5.09. The first-order valence-corrected chi connectivity index (χ1v) is 7.93. The molecule has 1 saturated carbocycles. The van der Waals surface area contributed by atoms with Gasteiger partial charge in [-0.1, -0.05) is 38.3 Å². The van der Waals surface area contributed by atoms with E-state index in [4.69, 9.17) is 16.7 Å². The van der Waals surface area contributed by atoms with Crippen LogP contribution in [0.3, 0.4) is 0 Å². The maximum atomic E-state index is 11.1. The van der Waals surface area contributed by atoms with Gasteiger partial charge in [0.05, 0.1) is 5.02 Å². The number of nitrogens with one attached hydrogen (secondary N) is 1. The molecular formula is C16H23ClN2O2. The number of rotatable bonds is 6. The van der Waals surface area contributed by atoms with Crippen molar-refractivity contribution in [3.63, 3.8) is 0 Å². The molecule has 0 amide bonds. The molecule has 0 spiro atoms. The second-order valence-corrected chi connectivity index (χ2v) is 6.90. The third kappa shape index (κ3) is 4.10. The van der Waals surface area contributed by atoms with Gasteiger partial charge >= 0.3 is 5.97 Å². The molecule has 0 bridgehead atoms. The van der Waals surface area contributed by atoms with Crippen molar-refractivity contribution in [1.29, 1.82) is 0 Å². The highest BCUT2D eigenvalue weighted by molar-refractivity contribution is 6.33. The van der Waals surface area contributed by atoms with Crippen molar-refractivity contribution >= 4 is 23.4 Å². The summed E-state index contributed by atoms with van der Waals surface area (Å²) in [7, 11) is 0. The molecule has 2 N–H and O–H groups in total. The first-order chi connectivity index (χ1) is 9.92. The number of anilines is 1. The Morgan fingerprint density at radius 3 is 2.67 bits per heavy atom. The summed E-state index contributed by atoms with van der Waals surface area (Å²) in [4.78, 5) is 15.2. The summed E-state index contributed by atoms with van der Waals surface area (Å²) in [6, 6.07) is 3.33. The Balaban J connectivity index is 2.07. The summed E-state index contributed by atoms with van der Waals surface area (Å²) >= 11 is 5.84. The van der Waals surface area contributed by atoms with E-state index in [1.165, 1.54) is 32.1 Å². The molecule has 0 unspecified atom stereocenters. The molecule has 0 aromatic carbocycles. The van der Waals surface area contributed by atoms with Gasteiger partial charge in [0.1, 0.15) is 5.82 Å². The van der Waals surface area contributed by atoms with Crippen LogP contribution >= 0.6 is 11.6 Å². The zero-order chi connectivity index (χ0) is 15.5. The van der Waals surface area contributed by atoms with Crippen molar-refractivity contribution in [3.05, 3.63) is 22.8 Å². The van der Waals surface area contributed by atoms with Crippen molar-refractivity contribution in [2.45, 2.75) is 46.0 Å². The summed E-state index contributed by atoms with van der Waals surface area (Å²) in [5.74, 6) is 0.158. The molecule has 0 atom stereocenters.